The molecule has 4 rings (SSSR count). The lowest BCUT2D eigenvalue weighted by molar-refractivity contribution is -0.117. The predicted molar refractivity (Wildman–Crippen MR) is 96.1 cm³/mol. The van der Waals surface area contributed by atoms with E-state index in [0.29, 0.717) is 24.0 Å². The van der Waals surface area contributed by atoms with E-state index in [-0.39, 0.29) is 16.1 Å². The maximum Gasteiger partial charge on any atom is 0.365 e. The van der Waals surface area contributed by atoms with Crippen molar-refractivity contribution < 1.29 is 14.7 Å². The van der Waals surface area contributed by atoms with Gasteiger partial charge < -0.3 is 5.11 Å². The zero-order chi connectivity index (χ0) is 17.1. The topological polar surface area (TPSA) is 54.4 Å². The second-order valence-electron chi connectivity index (χ2n) is 8.96. The van der Waals surface area contributed by atoms with Crippen molar-refractivity contribution in [2.75, 3.05) is 0 Å². The quantitative estimate of drug-likeness (QED) is 0.699. The van der Waals surface area contributed by atoms with Gasteiger partial charge >= 0.3 is 5.30 Å². The Labute approximate surface area is 148 Å². The first-order valence-electron chi connectivity index (χ1n) is 9.48. The van der Waals surface area contributed by atoms with Gasteiger partial charge in [-0.2, -0.15) is 0 Å². The second kappa shape index (κ2) is 5.62. The van der Waals surface area contributed by atoms with Gasteiger partial charge in [-0.1, -0.05) is 19.4 Å². The maximum atomic E-state index is 11.9. The average molecular weight is 349 g/mol. The number of allylic oxidation sites excluding steroid dienone is 1. The summed E-state index contributed by atoms with van der Waals surface area (Å²) >= 11 is 1.17. The van der Waals surface area contributed by atoms with Crippen molar-refractivity contribution in [3.05, 3.63) is 11.6 Å². The molecule has 132 valence electrons. The minimum atomic E-state index is -0.712. The normalized spacial score (nSPS) is 47.4. The van der Waals surface area contributed by atoms with Gasteiger partial charge in [-0.25, -0.2) is 4.79 Å². The molecule has 0 bridgehead atoms. The van der Waals surface area contributed by atoms with Crippen molar-refractivity contribution in [2.24, 2.45) is 28.6 Å². The summed E-state index contributed by atoms with van der Waals surface area (Å²) in [7, 11) is 0. The molecule has 0 aliphatic heterocycles. The SMILES string of the molecule is C[C@]12CCC(=O)C=C1CC[C@@H]1[C@H]2CC[C@]2(C)C(SC(=O)O)CC[C@@H]12. The first kappa shape index (κ1) is 16.7. The number of rotatable bonds is 1. The van der Waals surface area contributed by atoms with E-state index in [9.17, 15) is 14.7 Å². The van der Waals surface area contributed by atoms with E-state index in [1.165, 1.54) is 36.6 Å². The molecule has 3 fully saturated rings. The fourth-order valence-electron chi connectivity index (χ4n) is 6.83. The lowest BCUT2D eigenvalue weighted by Gasteiger charge is -2.58. The number of fused-ring (bicyclic) bond motifs is 5. The number of hydrogen-bond donors (Lipinski definition) is 1. The van der Waals surface area contributed by atoms with Gasteiger partial charge in [0.25, 0.3) is 0 Å². The fourth-order valence-corrected chi connectivity index (χ4v) is 7.89. The van der Waals surface area contributed by atoms with Crippen molar-refractivity contribution in [2.45, 2.75) is 70.5 Å². The molecule has 3 saturated carbocycles. The Morgan fingerprint density at radius 1 is 1.12 bits per heavy atom. The summed E-state index contributed by atoms with van der Waals surface area (Å²) in [6.07, 6.45) is 10.6. The number of thioether (sulfide) groups is 1. The number of ketones is 1. The highest BCUT2D eigenvalue weighted by molar-refractivity contribution is 8.13. The van der Waals surface area contributed by atoms with E-state index in [0.717, 1.165) is 31.6 Å². The second-order valence-corrected chi connectivity index (χ2v) is 10.1. The Kier molecular flexibility index (Phi) is 3.91. The average Bonchev–Trinajstić information content (AvgIpc) is 2.84. The van der Waals surface area contributed by atoms with Crippen molar-refractivity contribution in [3.63, 3.8) is 0 Å². The summed E-state index contributed by atoms with van der Waals surface area (Å²) < 4.78 is 0. The number of carbonyl (C=O) groups is 2. The molecular weight excluding hydrogens is 320 g/mol. The predicted octanol–water partition coefficient (Wildman–Crippen LogP) is 5.30. The molecule has 4 aliphatic rings. The van der Waals surface area contributed by atoms with Crippen molar-refractivity contribution in [3.8, 4) is 0 Å². The summed E-state index contributed by atoms with van der Waals surface area (Å²) in [5.74, 6) is 2.40. The van der Waals surface area contributed by atoms with Crippen LogP contribution in [0.4, 0.5) is 4.79 Å². The van der Waals surface area contributed by atoms with Crippen LogP contribution in [0.5, 0.6) is 0 Å². The van der Waals surface area contributed by atoms with E-state index in [1.54, 1.807) is 0 Å². The molecule has 24 heavy (non-hydrogen) atoms. The van der Waals surface area contributed by atoms with Crippen LogP contribution in [-0.4, -0.2) is 21.4 Å². The Hall–Kier alpha value is -0.770. The monoisotopic (exact) mass is 348 g/mol. The molecule has 3 nitrogen and oxygen atoms in total. The van der Waals surface area contributed by atoms with Crippen LogP contribution in [0.2, 0.25) is 0 Å². The van der Waals surface area contributed by atoms with Crippen LogP contribution < -0.4 is 0 Å². The zero-order valence-electron chi connectivity index (χ0n) is 14.7. The standard InChI is InChI=1S/C20H28O3S/c1-19-9-7-13(21)11-12(19)3-4-14-15-5-6-17(24-18(22)23)20(15,2)10-8-16(14)19/h11,14-17H,3-10H2,1-2H3,(H,22,23)/t14-,15-,16+,17?,19-,20-/m0/s1. The molecule has 1 unspecified atom stereocenters. The minimum absolute atomic E-state index is 0.187. The van der Waals surface area contributed by atoms with Crippen molar-refractivity contribution in [1.82, 2.24) is 0 Å². The molecule has 4 heteroatoms. The number of carboxylic acid groups (broad SMARTS) is 1. The van der Waals surface area contributed by atoms with Crippen LogP contribution in [-0.2, 0) is 4.79 Å². The van der Waals surface area contributed by atoms with Crippen LogP contribution >= 0.6 is 11.8 Å². The summed E-state index contributed by atoms with van der Waals surface area (Å²) in [4.78, 5) is 23.1. The molecule has 0 spiro atoms. The van der Waals surface area contributed by atoms with Crippen LogP contribution in [0, 0.1) is 28.6 Å². The van der Waals surface area contributed by atoms with E-state index in [2.05, 4.69) is 13.8 Å². The van der Waals surface area contributed by atoms with Crippen molar-refractivity contribution in [1.29, 1.82) is 0 Å². The number of hydrogen-bond acceptors (Lipinski definition) is 3. The summed E-state index contributed by atoms with van der Waals surface area (Å²) in [5.41, 5.74) is 1.82. The van der Waals surface area contributed by atoms with Crippen molar-refractivity contribution >= 4 is 22.8 Å². The first-order chi connectivity index (χ1) is 11.3. The highest BCUT2D eigenvalue weighted by atomic mass is 32.2. The third-order valence-electron chi connectivity index (χ3n) is 8.12. The lowest BCUT2D eigenvalue weighted by Crippen LogP contribution is -2.51. The third-order valence-corrected chi connectivity index (χ3v) is 9.38. The molecule has 4 aliphatic carbocycles. The molecular formula is C20H28O3S. The summed E-state index contributed by atoms with van der Waals surface area (Å²) in [6.45, 7) is 4.77. The molecule has 6 atom stereocenters. The van der Waals surface area contributed by atoms with E-state index in [1.807, 2.05) is 6.08 Å². The molecule has 0 aromatic heterocycles. The Morgan fingerprint density at radius 2 is 1.92 bits per heavy atom. The van der Waals surface area contributed by atoms with E-state index >= 15 is 0 Å². The van der Waals surface area contributed by atoms with Gasteiger partial charge in [0.15, 0.2) is 5.78 Å². The molecule has 0 radical (unpaired) electrons. The lowest BCUT2D eigenvalue weighted by atomic mass is 9.47. The number of carbonyl (C=O) groups excluding carboxylic acids is 1. The molecule has 0 amide bonds. The van der Waals surface area contributed by atoms with Gasteiger partial charge in [0.1, 0.15) is 0 Å². The molecule has 0 aromatic carbocycles. The largest absolute Gasteiger partial charge is 0.473 e. The minimum Gasteiger partial charge on any atom is -0.473 e. The molecule has 1 N–H and O–H groups in total. The molecule has 0 saturated heterocycles. The van der Waals surface area contributed by atoms with Gasteiger partial charge in [-0.05, 0) is 91.4 Å². The fraction of sp³-hybridized carbons (Fsp3) is 0.800. The van der Waals surface area contributed by atoms with Gasteiger partial charge in [-0.3, -0.25) is 4.79 Å². The van der Waals surface area contributed by atoms with Gasteiger partial charge in [0.05, 0.1) is 0 Å². The van der Waals surface area contributed by atoms with E-state index in [4.69, 9.17) is 0 Å². The first-order valence-corrected chi connectivity index (χ1v) is 10.4. The maximum absolute atomic E-state index is 11.9. The Balaban J connectivity index is 1.62. The third kappa shape index (κ3) is 2.32. The van der Waals surface area contributed by atoms with Gasteiger partial charge in [0, 0.05) is 11.7 Å². The smallest absolute Gasteiger partial charge is 0.365 e. The molecule has 0 aromatic rings. The highest BCUT2D eigenvalue weighted by Crippen LogP contribution is 2.66. The molecule has 0 heterocycles. The van der Waals surface area contributed by atoms with Crippen LogP contribution in [0.1, 0.15) is 65.2 Å². The Morgan fingerprint density at radius 3 is 2.67 bits per heavy atom. The highest BCUT2D eigenvalue weighted by Gasteiger charge is 2.59. The van der Waals surface area contributed by atoms with Crippen LogP contribution in [0.15, 0.2) is 11.6 Å². The van der Waals surface area contributed by atoms with Gasteiger partial charge in [0.2, 0.25) is 0 Å². The Bertz CT molecular complexity index is 612. The van der Waals surface area contributed by atoms with Gasteiger partial charge in [-0.15, -0.1) is 0 Å². The summed E-state index contributed by atoms with van der Waals surface area (Å²) in [6, 6.07) is 0. The van der Waals surface area contributed by atoms with E-state index < -0.39 is 5.30 Å². The zero-order valence-corrected chi connectivity index (χ0v) is 15.5. The van der Waals surface area contributed by atoms with Crippen LogP contribution in [0.3, 0.4) is 0 Å². The summed E-state index contributed by atoms with van der Waals surface area (Å²) in [5, 5.41) is 8.82. The van der Waals surface area contributed by atoms with Crippen LogP contribution in [0.25, 0.3) is 0 Å².